The first kappa shape index (κ1) is 15.5. The molecule has 0 atom stereocenters. The molecule has 1 saturated carbocycles. The van der Waals surface area contributed by atoms with Crippen molar-refractivity contribution in [1.29, 1.82) is 0 Å². The molecule has 122 valence electrons. The van der Waals surface area contributed by atoms with Gasteiger partial charge in [-0.05, 0) is 54.8 Å². The Kier molecular flexibility index (Phi) is 3.55. The molecule has 1 amide bonds. The van der Waals surface area contributed by atoms with Gasteiger partial charge in [0.15, 0.2) is 0 Å². The standard InChI is InChI=1S/C18H13Cl2FN2O/c19-10-5-11(20)7-13(6-10)23-17(24)18(3-4-18)15-9-22-16-2-1-12(21)8-14(15)16/h1-2,5-9,22H,3-4H2,(H,23,24). The van der Waals surface area contributed by atoms with E-state index in [2.05, 4.69) is 10.3 Å². The van der Waals surface area contributed by atoms with Gasteiger partial charge >= 0.3 is 0 Å². The Bertz CT molecular complexity index is 943. The summed E-state index contributed by atoms with van der Waals surface area (Å²) in [5.41, 5.74) is 1.55. The molecule has 1 aliphatic rings. The number of hydrogen-bond acceptors (Lipinski definition) is 1. The predicted octanol–water partition coefficient (Wildman–Crippen LogP) is 5.28. The number of carbonyl (C=O) groups is 1. The number of anilines is 1. The second-order valence-corrected chi connectivity index (χ2v) is 6.96. The average molecular weight is 363 g/mol. The van der Waals surface area contributed by atoms with Crippen molar-refractivity contribution >= 4 is 45.7 Å². The van der Waals surface area contributed by atoms with Gasteiger partial charge in [-0.2, -0.15) is 0 Å². The number of halogens is 3. The van der Waals surface area contributed by atoms with Crippen LogP contribution in [0.1, 0.15) is 18.4 Å². The molecule has 3 aromatic rings. The van der Waals surface area contributed by atoms with Crippen molar-refractivity contribution in [3.05, 3.63) is 64.0 Å². The SMILES string of the molecule is O=C(Nc1cc(Cl)cc(Cl)c1)C1(c2c[nH]c3ccc(F)cc23)CC1. The topological polar surface area (TPSA) is 44.9 Å². The Hall–Kier alpha value is -2.04. The van der Waals surface area contributed by atoms with Crippen LogP contribution in [0, 0.1) is 5.82 Å². The Morgan fingerprint density at radius 3 is 2.50 bits per heavy atom. The van der Waals surface area contributed by atoms with Crippen molar-refractivity contribution in [3.8, 4) is 0 Å². The van der Waals surface area contributed by atoms with E-state index in [1.54, 1.807) is 30.5 Å². The van der Waals surface area contributed by atoms with E-state index < -0.39 is 5.41 Å². The lowest BCUT2D eigenvalue weighted by Crippen LogP contribution is -2.27. The van der Waals surface area contributed by atoms with E-state index >= 15 is 0 Å². The third kappa shape index (κ3) is 2.56. The summed E-state index contributed by atoms with van der Waals surface area (Å²) in [6, 6.07) is 9.45. The van der Waals surface area contributed by atoms with Crippen LogP contribution in [0.15, 0.2) is 42.6 Å². The zero-order valence-corrected chi connectivity index (χ0v) is 14.0. The van der Waals surface area contributed by atoms with E-state index in [0.717, 1.165) is 29.3 Å². The smallest absolute Gasteiger partial charge is 0.235 e. The molecule has 4 rings (SSSR count). The maximum absolute atomic E-state index is 13.6. The van der Waals surface area contributed by atoms with Gasteiger partial charge < -0.3 is 10.3 Å². The number of aromatic nitrogens is 1. The molecule has 1 fully saturated rings. The van der Waals surface area contributed by atoms with Crippen LogP contribution in [0.4, 0.5) is 10.1 Å². The number of carbonyl (C=O) groups excluding carboxylic acids is 1. The molecular weight excluding hydrogens is 350 g/mol. The quantitative estimate of drug-likeness (QED) is 0.653. The molecule has 1 heterocycles. The van der Waals surface area contributed by atoms with Crippen LogP contribution in [0.2, 0.25) is 10.0 Å². The van der Waals surface area contributed by atoms with Gasteiger partial charge in [-0.3, -0.25) is 4.79 Å². The van der Waals surface area contributed by atoms with Crippen molar-refractivity contribution in [3.63, 3.8) is 0 Å². The van der Waals surface area contributed by atoms with E-state index in [1.807, 2.05) is 0 Å². The second kappa shape index (κ2) is 5.50. The molecule has 0 radical (unpaired) electrons. The molecule has 2 N–H and O–H groups in total. The van der Waals surface area contributed by atoms with Crippen LogP contribution in [0.25, 0.3) is 10.9 Å². The maximum Gasteiger partial charge on any atom is 0.235 e. The molecule has 0 saturated heterocycles. The highest BCUT2D eigenvalue weighted by atomic mass is 35.5. The van der Waals surface area contributed by atoms with Crippen molar-refractivity contribution in [1.82, 2.24) is 4.98 Å². The molecule has 0 bridgehead atoms. The number of aromatic amines is 1. The lowest BCUT2D eigenvalue weighted by Gasteiger charge is -2.15. The Morgan fingerprint density at radius 2 is 1.83 bits per heavy atom. The highest BCUT2D eigenvalue weighted by Gasteiger charge is 2.52. The monoisotopic (exact) mass is 362 g/mol. The van der Waals surface area contributed by atoms with Gasteiger partial charge in [-0.15, -0.1) is 0 Å². The molecule has 0 spiro atoms. The summed E-state index contributed by atoms with van der Waals surface area (Å²) in [5.74, 6) is -0.452. The maximum atomic E-state index is 13.6. The highest BCUT2D eigenvalue weighted by molar-refractivity contribution is 6.35. The molecule has 3 nitrogen and oxygen atoms in total. The number of amides is 1. The molecule has 24 heavy (non-hydrogen) atoms. The van der Waals surface area contributed by atoms with Gasteiger partial charge in [0.1, 0.15) is 5.82 Å². The third-order valence-corrected chi connectivity index (χ3v) is 4.90. The van der Waals surface area contributed by atoms with E-state index in [0.29, 0.717) is 15.7 Å². The zero-order valence-electron chi connectivity index (χ0n) is 12.5. The van der Waals surface area contributed by atoms with Crippen LogP contribution in [-0.2, 0) is 10.2 Å². The largest absolute Gasteiger partial charge is 0.361 e. The van der Waals surface area contributed by atoms with Crippen LogP contribution in [-0.4, -0.2) is 10.9 Å². The van der Waals surface area contributed by atoms with Gasteiger partial charge in [0.25, 0.3) is 0 Å². The first-order valence-electron chi connectivity index (χ1n) is 7.53. The molecular formula is C18H13Cl2FN2O. The van der Waals surface area contributed by atoms with Crippen molar-refractivity contribution < 1.29 is 9.18 Å². The number of benzene rings is 2. The second-order valence-electron chi connectivity index (χ2n) is 6.09. The van der Waals surface area contributed by atoms with Gasteiger partial charge in [0.05, 0.1) is 5.41 Å². The summed E-state index contributed by atoms with van der Waals surface area (Å²) in [6.45, 7) is 0. The Balaban J connectivity index is 1.69. The van der Waals surface area contributed by atoms with E-state index in [-0.39, 0.29) is 11.7 Å². The van der Waals surface area contributed by atoms with E-state index in [1.165, 1.54) is 12.1 Å². The summed E-state index contributed by atoms with van der Waals surface area (Å²) >= 11 is 12.0. The summed E-state index contributed by atoms with van der Waals surface area (Å²) in [5, 5.41) is 4.53. The van der Waals surface area contributed by atoms with E-state index in [9.17, 15) is 9.18 Å². The molecule has 1 aromatic heterocycles. The fraction of sp³-hybridized carbons (Fsp3) is 0.167. The zero-order chi connectivity index (χ0) is 16.9. The lowest BCUT2D eigenvalue weighted by atomic mass is 9.94. The summed E-state index contributed by atoms with van der Waals surface area (Å²) in [6.07, 6.45) is 3.23. The molecule has 2 aromatic carbocycles. The molecule has 6 heteroatoms. The Morgan fingerprint density at radius 1 is 1.12 bits per heavy atom. The number of H-pyrrole nitrogens is 1. The number of fused-ring (bicyclic) bond motifs is 1. The first-order valence-corrected chi connectivity index (χ1v) is 8.28. The lowest BCUT2D eigenvalue weighted by molar-refractivity contribution is -0.118. The van der Waals surface area contributed by atoms with Crippen LogP contribution >= 0.6 is 23.2 Å². The molecule has 0 aliphatic heterocycles. The van der Waals surface area contributed by atoms with Gasteiger partial charge in [-0.25, -0.2) is 4.39 Å². The minimum Gasteiger partial charge on any atom is -0.361 e. The van der Waals surface area contributed by atoms with Crippen molar-refractivity contribution in [2.24, 2.45) is 0 Å². The minimum absolute atomic E-state index is 0.133. The molecule has 0 unspecified atom stereocenters. The highest BCUT2D eigenvalue weighted by Crippen LogP contribution is 2.51. The van der Waals surface area contributed by atoms with Crippen LogP contribution < -0.4 is 5.32 Å². The summed E-state index contributed by atoms with van der Waals surface area (Å²) in [7, 11) is 0. The van der Waals surface area contributed by atoms with Gasteiger partial charge in [0, 0.05) is 32.8 Å². The molecule has 1 aliphatic carbocycles. The normalized spacial score (nSPS) is 15.5. The number of rotatable bonds is 3. The fourth-order valence-corrected chi connectivity index (χ4v) is 3.64. The minimum atomic E-state index is -0.638. The first-order chi connectivity index (χ1) is 11.5. The predicted molar refractivity (Wildman–Crippen MR) is 94.3 cm³/mol. The fourth-order valence-electron chi connectivity index (χ4n) is 3.11. The van der Waals surface area contributed by atoms with Crippen LogP contribution in [0.3, 0.4) is 0 Å². The summed E-state index contributed by atoms with van der Waals surface area (Å²) in [4.78, 5) is 16.0. The van der Waals surface area contributed by atoms with Gasteiger partial charge in [-0.1, -0.05) is 23.2 Å². The van der Waals surface area contributed by atoms with Crippen molar-refractivity contribution in [2.45, 2.75) is 18.3 Å². The summed E-state index contributed by atoms with van der Waals surface area (Å²) < 4.78 is 13.6. The van der Waals surface area contributed by atoms with Crippen LogP contribution in [0.5, 0.6) is 0 Å². The third-order valence-electron chi connectivity index (χ3n) is 4.46. The number of nitrogens with one attached hydrogen (secondary N) is 2. The van der Waals surface area contributed by atoms with Crippen molar-refractivity contribution in [2.75, 3.05) is 5.32 Å². The average Bonchev–Trinajstić information content (AvgIpc) is 3.21. The number of hydrogen-bond donors (Lipinski definition) is 2. The van der Waals surface area contributed by atoms with Gasteiger partial charge in [0.2, 0.25) is 5.91 Å². The Labute approximate surface area is 147 Å². The van der Waals surface area contributed by atoms with E-state index in [4.69, 9.17) is 23.2 Å².